The van der Waals surface area contributed by atoms with Gasteiger partial charge in [-0.25, -0.2) is 0 Å². The molecule has 0 spiro atoms. The summed E-state index contributed by atoms with van der Waals surface area (Å²) < 4.78 is 0.142. The number of hydrogen-bond acceptors (Lipinski definition) is 1. The zero-order valence-corrected chi connectivity index (χ0v) is 10.1. The van der Waals surface area contributed by atoms with E-state index in [-0.39, 0.29) is 16.3 Å². The average Bonchev–Trinajstić information content (AvgIpc) is 2.00. The number of halogens is 2. The van der Waals surface area contributed by atoms with Gasteiger partial charge in [0.25, 0.3) is 0 Å². The molecule has 0 bridgehead atoms. The summed E-state index contributed by atoms with van der Waals surface area (Å²) in [6, 6.07) is 0. The van der Waals surface area contributed by atoms with Crippen molar-refractivity contribution >= 4 is 29.2 Å². The lowest BCUT2D eigenvalue weighted by molar-refractivity contribution is -0.144. The summed E-state index contributed by atoms with van der Waals surface area (Å²) >= 11 is 11.1. The van der Waals surface area contributed by atoms with Crippen LogP contribution >= 0.6 is 23.2 Å². The largest absolute Gasteiger partial charge is 0.481 e. The maximum Gasteiger partial charge on any atom is 0.307 e. The molecule has 0 saturated heterocycles. The highest BCUT2D eigenvalue weighted by atomic mass is 35.5. The molecule has 2 atom stereocenters. The Labute approximate surface area is 94.9 Å². The maximum atomic E-state index is 11.0. The van der Waals surface area contributed by atoms with Crippen LogP contribution in [0.2, 0.25) is 0 Å². The summed E-state index contributed by atoms with van der Waals surface area (Å²) in [4.78, 5) is 11.0. The first-order chi connectivity index (χ1) is 6.40. The van der Waals surface area contributed by atoms with Crippen LogP contribution in [0.3, 0.4) is 0 Å². The van der Waals surface area contributed by atoms with Crippen LogP contribution in [0.4, 0.5) is 0 Å². The van der Waals surface area contributed by atoms with Crippen LogP contribution < -0.4 is 0 Å². The lowest BCUT2D eigenvalue weighted by atomic mass is 9.82. The molecule has 0 fully saturated rings. The quantitative estimate of drug-likeness (QED) is 0.794. The highest BCUT2D eigenvalue weighted by molar-refractivity contribution is 6.55. The van der Waals surface area contributed by atoms with Gasteiger partial charge in [-0.1, -0.05) is 50.0 Å². The van der Waals surface area contributed by atoms with E-state index in [0.29, 0.717) is 0 Å². The number of carbonyl (C=O) groups is 1. The third kappa shape index (κ3) is 4.34. The van der Waals surface area contributed by atoms with E-state index in [0.717, 1.165) is 6.42 Å². The first-order valence-electron chi connectivity index (χ1n) is 4.65. The van der Waals surface area contributed by atoms with E-state index >= 15 is 0 Å². The maximum absolute atomic E-state index is 11.0. The Kier molecular flexibility index (Phi) is 6.21. The van der Waals surface area contributed by atoms with E-state index in [1.54, 1.807) is 6.08 Å². The molecular formula is C10H16Cl2O2. The van der Waals surface area contributed by atoms with Gasteiger partial charge in [0.2, 0.25) is 0 Å². The van der Waals surface area contributed by atoms with Gasteiger partial charge in [-0.3, -0.25) is 4.79 Å². The Morgan fingerprint density at radius 3 is 2.14 bits per heavy atom. The van der Waals surface area contributed by atoms with Gasteiger partial charge in [-0.2, -0.15) is 0 Å². The molecule has 0 amide bonds. The molecule has 14 heavy (non-hydrogen) atoms. The van der Waals surface area contributed by atoms with Gasteiger partial charge in [0.05, 0.1) is 5.92 Å². The van der Waals surface area contributed by atoms with Crippen molar-refractivity contribution in [3.63, 3.8) is 0 Å². The fraction of sp³-hybridized carbons (Fsp3) is 0.700. The SMILES string of the molecule is CCC(C=C(Cl)Cl)C(C(=O)O)C(C)C. The van der Waals surface area contributed by atoms with Crippen molar-refractivity contribution in [1.82, 2.24) is 0 Å². The van der Waals surface area contributed by atoms with Gasteiger partial charge >= 0.3 is 5.97 Å². The van der Waals surface area contributed by atoms with E-state index in [9.17, 15) is 4.79 Å². The summed E-state index contributed by atoms with van der Waals surface area (Å²) in [5, 5.41) is 9.04. The second-order valence-electron chi connectivity index (χ2n) is 3.64. The van der Waals surface area contributed by atoms with E-state index in [2.05, 4.69) is 0 Å². The van der Waals surface area contributed by atoms with Crippen molar-refractivity contribution in [2.24, 2.45) is 17.8 Å². The molecular weight excluding hydrogens is 223 g/mol. The summed E-state index contributed by atoms with van der Waals surface area (Å²) in [5.41, 5.74) is 0. The minimum atomic E-state index is -0.794. The van der Waals surface area contributed by atoms with Gasteiger partial charge in [0, 0.05) is 0 Å². The molecule has 1 N–H and O–H groups in total. The van der Waals surface area contributed by atoms with Crippen molar-refractivity contribution in [2.45, 2.75) is 27.2 Å². The van der Waals surface area contributed by atoms with Crippen LogP contribution in [0.5, 0.6) is 0 Å². The molecule has 0 radical (unpaired) electrons. The number of allylic oxidation sites excluding steroid dienone is 1. The minimum Gasteiger partial charge on any atom is -0.481 e. The third-order valence-corrected chi connectivity index (χ3v) is 2.53. The first kappa shape index (κ1) is 13.8. The predicted octanol–water partition coefficient (Wildman–Crippen LogP) is 3.69. The Bertz CT molecular complexity index is 220. The Balaban J connectivity index is 4.77. The van der Waals surface area contributed by atoms with Crippen LogP contribution in [0.15, 0.2) is 10.6 Å². The first-order valence-corrected chi connectivity index (χ1v) is 5.41. The number of aliphatic carboxylic acids is 1. The summed E-state index contributed by atoms with van der Waals surface area (Å²) in [6.45, 7) is 5.70. The molecule has 0 aliphatic rings. The van der Waals surface area contributed by atoms with Crippen molar-refractivity contribution < 1.29 is 9.90 Å². The van der Waals surface area contributed by atoms with Gasteiger partial charge in [-0.15, -0.1) is 0 Å². The number of rotatable bonds is 5. The minimum absolute atomic E-state index is 0.0707. The lowest BCUT2D eigenvalue weighted by Gasteiger charge is -2.23. The second kappa shape index (κ2) is 6.31. The average molecular weight is 239 g/mol. The Morgan fingerprint density at radius 2 is 1.93 bits per heavy atom. The molecule has 0 aromatic heterocycles. The fourth-order valence-corrected chi connectivity index (χ4v) is 1.92. The van der Waals surface area contributed by atoms with E-state index in [1.807, 2.05) is 20.8 Å². The molecule has 0 rings (SSSR count). The molecule has 0 heterocycles. The zero-order valence-electron chi connectivity index (χ0n) is 8.63. The summed E-state index contributed by atoms with van der Waals surface area (Å²) in [7, 11) is 0. The van der Waals surface area contributed by atoms with Crippen LogP contribution in [0.25, 0.3) is 0 Å². The highest BCUT2D eigenvalue weighted by Crippen LogP contribution is 2.27. The number of carboxylic acids is 1. The molecule has 0 aliphatic carbocycles. The molecule has 2 nitrogen and oxygen atoms in total. The molecule has 4 heteroatoms. The van der Waals surface area contributed by atoms with E-state index < -0.39 is 11.9 Å². The van der Waals surface area contributed by atoms with Gasteiger partial charge in [-0.05, 0) is 18.3 Å². The lowest BCUT2D eigenvalue weighted by Crippen LogP contribution is -2.27. The Morgan fingerprint density at radius 1 is 1.43 bits per heavy atom. The topological polar surface area (TPSA) is 37.3 Å². The van der Waals surface area contributed by atoms with Crippen molar-refractivity contribution in [1.29, 1.82) is 0 Å². The molecule has 82 valence electrons. The van der Waals surface area contributed by atoms with E-state index in [1.165, 1.54) is 0 Å². The van der Waals surface area contributed by atoms with Crippen LogP contribution in [0.1, 0.15) is 27.2 Å². The molecule has 0 aromatic carbocycles. The van der Waals surface area contributed by atoms with Gasteiger partial charge < -0.3 is 5.11 Å². The molecule has 0 aliphatic heterocycles. The molecule has 0 aromatic rings. The number of carboxylic acid groups (broad SMARTS) is 1. The molecule has 2 unspecified atom stereocenters. The zero-order chi connectivity index (χ0) is 11.3. The third-order valence-electron chi connectivity index (χ3n) is 2.28. The van der Waals surface area contributed by atoms with Crippen LogP contribution in [0, 0.1) is 17.8 Å². The van der Waals surface area contributed by atoms with Crippen molar-refractivity contribution in [2.75, 3.05) is 0 Å². The van der Waals surface area contributed by atoms with Gasteiger partial charge in [0.1, 0.15) is 4.49 Å². The predicted molar refractivity (Wildman–Crippen MR) is 59.5 cm³/mol. The Hall–Kier alpha value is -0.210. The van der Waals surface area contributed by atoms with E-state index in [4.69, 9.17) is 28.3 Å². The number of hydrogen-bond donors (Lipinski definition) is 1. The standard InChI is InChI=1S/C10H16Cl2O2/c1-4-7(5-8(11)12)9(6(2)3)10(13)14/h5-7,9H,4H2,1-3H3,(H,13,14). The summed E-state index contributed by atoms with van der Waals surface area (Å²) in [5.74, 6) is -1.25. The normalized spacial score (nSPS) is 15.0. The van der Waals surface area contributed by atoms with Crippen molar-refractivity contribution in [3.8, 4) is 0 Å². The molecule has 0 saturated carbocycles. The van der Waals surface area contributed by atoms with Crippen LogP contribution in [-0.2, 0) is 4.79 Å². The van der Waals surface area contributed by atoms with Gasteiger partial charge in [0.15, 0.2) is 0 Å². The smallest absolute Gasteiger partial charge is 0.307 e. The monoisotopic (exact) mass is 238 g/mol. The summed E-state index contributed by atoms with van der Waals surface area (Å²) in [6.07, 6.45) is 2.33. The fourth-order valence-electron chi connectivity index (χ4n) is 1.60. The highest BCUT2D eigenvalue weighted by Gasteiger charge is 2.28. The van der Waals surface area contributed by atoms with Crippen LogP contribution in [-0.4, -0.2) is 11.1 Å². The second-order valence-corrected chi connectivity index (χ2v) is 4.64. The van der Waals surface area contributed by atoms with Crippen molar-refractivity contribution in [3.05, 3.63) is 10.6 Å².